The highest BCUT2D eigenvalue weighted by molar-refractivity contribution is 5.94. The predicted octanol–water partition coefficient (Wildman–Crippen LogP) is 2.31. The Labute approximate surface area is 260 Å². The molecule has 2 aliphatic heterocycles. The molecule has 0 aromatic heterocycles. The van der Waals surface area contributed by atoms with Crippen LogP contribution in [0.5, 0.6) is 0 Å². The summed E-state index contributed by atoms with van der Waals surface area (Å²) in [7, 11) is 1.90. The zero-order valence-corrected chi connectivity index (χ0v) is 25.9. The van der Waals surface area contributed by atoms with Crippen LogP contribution in [0.15, 0.2) is 42.5 Å². The third kappa shape index (κ3) is 3.50. The van der Waals surface area contributed by atoms with E-state index in [2.05, 4.69) is 11.5 Å². The fourth-order valence-corrected chi connectivity index (χ4v) is 11.5. The van der Waals surface area contributed by atoms with E-state index in [1.165, 1.54) is 20.8 Å². The van der Waals surface area contributed by atoms with Crippen LogP contribution in [0.3, 0.4) is 0 Å². The van der Waals surface area contributed by atoms with Crippen LogP contribution in [0.25, 0.3) is 0 Å². The Morgan fingerprint density at radius 3 is 2.18 bits per heavy atom. The summed E-state index contributed by atoms with van der Waals surface area (Å²) in [6.07, 6.45) is -2.69. The number of fused-ring (bicyclic) bond motifs is 1. The van der Waals surface area contributed by atoms with Gasteiger partial charge in [0, 0.05) is 67.4 Å². The third-order valence-electron chi connectivity index (χ3n) is 12.1. The number of benzene rings is 1. The number of hydrogen-bond acceptors (Lipinski definition) is 11. The van der Waals surface area contributed by atoms with Crippen LogP contribution in [0.1, 0.15) is 50.9 Å². The molecule has 8 aliphatic rings. The number of piperidine rings is 1. The van der Waals surface area contributed by atoms with Gasteiger partial charge < -0.3 is 23.7 Å². The lowest BCUT2D eigenvalue weighted by atomic mass is 9.38. The molecule has 1 aromatic carbocycles. The summed E-state index contributed by atoms with van der Waals surface area (Å²) in [5.41, 5.74) is -2.64. The minimum Gasteiger partial charge on any atom is -0.461 e. The van der Waals surface area contributed by atoms with Gasteiger partial charge in [0.2, 0.25) is 0 Å². The second-order valence-corrected chi connectivity index (χ2v) is 14.1. The van der Waals surface area contributed by atoms with E-state index in [0.717, 1.165) is 6.29 Å². The lowest BCUT2D eigenvalue weighted by Gasteiger charge is -2.68. The summed E-state index contributed by atoms with van der Waals surface area (Å²) < 4.78 is 24.5. The van der Waals surface area contributed by atoms with Crippen LogP contribution in [-0.2, 0) is 42.9 Å². The third-order valence-corrected chi connectivity index (χ3v) is 12.1. The molecule has 6 saturated carbocycles. The Kier molecular flexibility index (Phi) is 6.35. The van der Waals surface area contributed by atoms with Gasteiger partial charge in [-0.15, -0.1) is 0 Å². The van der Waals surface area contributed by atoms with Crippen molar-refractivity contribution in [2.45, 2.75) is 77.0 Å². The molecule has 6 unspecified atom stereocenters. The van der Waals surface area contributed by atoms with Gasteiger partial charge in [-0.25, -0.2) is 4.79 Å². The average Bonchev–Trinajstić information content (AvgIpc) is 3.23. The van der Waals surface area contributed by atoms with Crippen LogP contribution in [0, 0.1) is 39.9 Å². The van der Waals surface area contributed by atoms with Gasteiger partial charge in [-0.05, 0) is 37.1 Å². The van der Waals surface area contributed by atoms with E-state index in [1.807, 2.05) is 14.0 Å². The van der Waals surface area contributed by atoms with Gasteiger partial charge in [0.25, 0.3) is 0 Å². The van der Waals surface area contributed by atoms with Gasteiger partial charge in [0.15, 0.2) is 0 Å². The Morgan fingerprint density at radius 1 is 0.933 bits per heavy atom. The van der Waals surface area contributed by atoms with E-state index in [-0.39, 0.29) is 23.8 Å². The fraction of sp³-hybridized carbons (Fsp3) is 0.588. The Morgan fingerprint density at radius 2 is 1.58 bits per heavy atom. The number of esters is 4. The molecule has 1 aromatic rings. The van der Waals surface area contributed by atoms with Crippen LogP contribution in [0.2, 0.25) is 0 Å². The van der Waals surface area contributed by atoms with Crippen molar-refractivity contribution in [2.75, 3.05) is 7.05 Å². The van der Waals surface area contributed by atoms with Crippen LogP contribution >= 0.6 is 0 Å². The monoisotopic (exact) mass is 619 g/mol. The van der Waals surface area contributed by atoms with E-state index in [4.69, 9.17) is 18.9 Å². The molecule has 2 saturated heterocycles. The minimum absolute atomic E-state index is 0.0799. The number of aldehydes is 1. The molecular weight excluding hydrogens is 582 g/mol. The Bertz CT molecular complexity index is 1560. The van der Waals surface area contributed by atoms with E-state index in [0.29, 0.717) is 12.0 Å². The van der Waals surface area contributed by atoms with E-state index in [9.17, 15) is 28.8 Å². The van der Waals surface area contributed by atoms with Crippen LogP contribution in [-0.4, -0.2) is 84.4 Å². The Balaban J connectivity index is 1.49. The molecule has 2 spiro atoms. The van der Waals surface area contributed by atoms with Gasteiger partial charge in [0.1, 0.15) is 36.5 Å². The highest BCUT2D eigenvalue weighted by atomic mass is 16.6. The molecule has 6 aliphatic carbocycles. The van der Waals surface area contributed by atoms with Crippen molar-refractivity contribution < 1.29 is 47.7 Å². The van der Waals surface area contributed by atoms with Crippen molar-refractivity contribution in [2.24, 2.45) is 39.9 Å². The standard InChI is InChI=1S/C34H37NO10/c1-15-22-24(40)23-28-34-26(20(35(28)6)12-33(23,29(15)43-17(3)38)27(34)25(22)42-16(2)37)32(5,14-36)13-21(30(34)44-18(4)39)45-31(41)19-10-8-7-9-11-19/h7-11,14,20-23,25-30H,1,12-13H2,2-6H3/t20?,21?,22-,23-,25?,26+,27+,28?,29+,30+,32-,33?,34?/m0/s1. The quantitative estimate of drug-likeness (QED) is 0.200. The zero-order chi connectivity index (χ0) is 32.4. The van der Waals surface area contributed by atoms with E-state index in [1.54, 1.807) is 30.3 Å². The second-order valence-electron chi connectivity index (χ2n) is 14.1. The van der Waals surface area contributed by atoms with Crippen molar-refractivity contribution >= 4 is 35.9 Å². The van der Waals surface area contributed by atoms with Gasteiger partial charge in [-0.3, -0.25) is 24.1 Å². The van der Waals surface area contributed by atoms with Crippen LogP contribution < -0.4 is 0 Å². The predicted molar refractivity (Wildman–Crippen MR) is 154 cm³/mol. The molecule has 2 heterocycles. The maximum Gasteiger partial charge on any atom is 0.338 e. The maximum absolute atomic E-state index is 14.6. The van der Waals surface area contributed by atoms with Crippen molar-refractivity contribution in [1.29, 1.82) is 0 Å². The maximum atomic E-state index is 14.6. The lowest BCUT2D eigenvalue weighted by molar-refractivity contribution is -0.260. The first-order chi connectivity index (χ1) is 21.2. The van der Waals surface area contributed by atoms with Gasteiger partial charge in [-0.1, -0.05) is 31.7 Å². The molecular formula is C34H37NO10. The number of ether oxygens (including phenoxy) is 4. The number of carbonyl (C=O) groups excluding carboxylic acids is 6. The normalized spacial score (nSPS) is 45.1. The molecule has 0 N–H and O–H groups in total. The topological polar surface area (TPSA) is 143 Å². The summed E-state index contributed by atoms with van der Waals surface area (Å²) >= 11 is 0. The smallest absolute Gasteiger partial charge is 0.338 e. The lowest BCUT2D eigenvalue weighted by Crippen LogP contribution is -2.76. The first kappa shape index (κ1) is 29.8. The van der Waals surface area contributed by atoms with Crippen molar-refractivity contribution in [3.8, 4) is 0 Å². The molecule has 0 radical (unpaired) electrons. The van der Waals surface area contributed by atoms with Crippen molar-refractivity contribution in [3.05, 3.63) is 48.0 Å². The van der Waals surface area contributed by atoms with E-state index >= 15 is 0 Å². The number of ketones is 1. The Hall–Kier alpha value is -3.86. The van der Waals surface area contributed by atoms with Gasteiger partial charge in [-0.2, -0.15) is 0 Å². The molecule has 7 bridgehead atoms. The van der Waals surface area contributed by atoms with E-state index < -0.39 is 94.3 Å². The summed E-state index contributed by atoms with van der Waals surface area (Å²) in [5, 5.41) is 0. The number of carbonyl (C=O) groups is 6. The van der Waals surface area contributed by atoms with Gasteiger partial charge in [0.05, 0.1) is 11.5 Å². The van der Waals surface area contributed by atoms with Gasteiger partial charge >= 0.3 is 23.9 Å². The summed E-state index contributed by atoms with van der Waals surface area (Å²) in [5.74, 6) is -5.39. The molecule has 238 valence electrons. The molecule has 8 fully saturated rings. The molecule has 13 atom stereocenters. The minimum atomic E-state index is -1.19. The SMILES string of the molecule is C=C1[C@H]2C(=O)[C@H]3C4N(C)C5CC3([C@@H]1OC(C)=O)[C@@H](C2OC(C)=O)C41[C@H](OC(C)=O)C(OC(=O)c2ccccc2)C[C@@](C)(C=O)[C@@H]51. The number of Topliss-reactive ketones (excluding diaryl/α,β-unsaturated/α-hetero) is 1. The van der Waals surface area contributed by atoms with Crippen molar-refractivity contribution in [1.82, 2.24) is 4.90 Å². The average molecular weight is 620 g/mol. The highest BCUT2D eigenvalue weighted by Gasteiger charge is 2.93. The molecule has 11 heteroatoms. The summed E-state index contributed by atoms with van der Waals surface area (Å²) in [6, 6.07) is 7.52. The largest absolute Gasteiger partial charge is 0.461 e. The highest BCUT2D eigenvalue weighted by Crippen LogP contribution is 2.84. The first-order valence-corrected chi connectivity index (χ1v) is 15.4. The van der Waals surface area contributed by atoms with Crippen LogP contribution in [0.4, 0.5) is 0 Å². The summed E-state index contributed by atoms with van der Waals surface area (Å²) in [4.78, 5) is 81.7. The van der Waals surface area contributed by atoms with Crippen molar-refractivity contribution in [3.63, 3.8) is 0 Å². The number of hydrogen-bond donors (Lipinski definition) is 0. The number of nitrogens with zero attached hydrogens (tertiary/aromatic N) is 1. The molecule has 45 heavy (non-hydrogen) atoms. The molecule has 0 amide bonds. The fourth-order valence-electron chi connectivity index (χ4n) is 11.5. The first-order valence-electron chi connectivity index (χ1n) is 15.4. The molecule has 9 rings (SSSR count). The zero-order valence-electron chi connectivity index (χ0n) is 25.9. The number of rotatable bonds is 6. The molecule has 11 nitrogen and oxygen atoms in total. The summed E-state index contributed by atoms with van der Waals surface area (Å²) in [6.45, 7) is 9.89. The second kappa shape index (κ2) is 9.57.